The predicted molar refractivity (Wildman–Crippen MR) is 84.9 cm³/mol. The highest BCUT2D eigenvalue weighted by molar-refractivity contribution is 5.91. The van der Waals surface area contributed by atoms with Crippen molar-refractivity contribution in [3.05, 3.63) is 24.2 Å². The van der Waals surface area contributed by atoms with Crippen LogP contribution in [0.3, 0.4) is 0 Å². The summed E-state index contributed by atoms with van der Waals surface area (Å²) in [4.78, 5) is 21.1. The largest absolute Gasteiger partial charge is 0.459 e. The highest BCUT2D eigenvalue weighted by Crippen LogP contribution is 2.28. The summed E-state index contributed by atoms with van der Waals surface area (Å²) in [5.41, 5.74) is 0. The number of amides is 1. The quantitative estimate of drug-likeness (QED) is 0.675. The van der Waals surface area contributed by atoms with Crippen molar-refractivity contribution in [2.24, 2.45) is 10.9 Å². The number of carbonyl (C=O) groups is 1. The van der Waals surface area contributed by atoms with E-state index >= 15 is 0 Å². The molecular formula is C16H24N4O2. The number of hydrogen-bond donors (Lipinski definition) is 1. The van der Waals surface area contributed by atoms with E-state index in [1.54, 1.807) is 12.1 Å². The van der Waals surface area contributed by atoms with Gasteiger partial charge in [0.1, 0.15) is 0 Å². The van der Waals surface area contributed by atoms with Crippen molar-refractivity contribution in [2.75, 3.05) is 39.3 Å². The summed E-state index contributed by atoms with van der Waals surface area (Å²) in [5, 5.41) is 3.36. The molecule has 0 spiro atoms. The number of carbonyl (C=O) groups excluding carboxylic acids is 1. The lowest BCUT2D eigenvalue weighted by atomic mass is 10.3. The van der Waals surface area contributed by atoms with E-state index in [4.69, 9.17) is 9.41 Å². The van der Waals surface area contributed by atoms with Gasteiger partial charge in [0.05, 0.1) is 6.26 Å². The van der Waals surface area contributed by atoms with E-state index in [0.717, 1.165) is 38.1 Å². The Bertz CT molecular complexity index is 514. The first kappa shape index (κ1) is 14.9. The summed E-state index contributed by atoms with van der Waals surface area (Å²) in [6, 6.07) is 3.47. The second-order valence-corrected chi connectivity index (χ2v) is 5.89. The molecule has 6 nitrogen and oxygen atoms in total. The molecule has 1 amide bonds. The summed E-state index contributed by atoms with van der Waals surface area (Å²) in [6.45, 7) is 6.90. The normalized spacial score (nSPS) is 19.4. The summed E-state index contributed by atoms with van der Waals surface area (Å²) in [5.74, 6) is 2.17. The molecule has 1 saturated heterocycles. The number of guanidine groups is 1. The van der Waals surface area contributed by atoms with Gasteiger partial charge < -0.3 is 19.5 Å². The standard InChI is InChI=1S/C16H24N4O2/c1-2-17-16(18-12-13-5-6-13)20-9-7-19(8-10-20)15(21)14-4-3-11-22-14/h3-4,11,13H,2,5-10,12H2,1H3,(H,17,18). The number of nitrogens with one attached hydrogen (secondary N) is 1. The fourth-order valence-corrected chi connectivity index (χ4v) is 2.62. The molecule has 0 bridgehead atoms. The zero-order valence-corrected chi connectivity index (χ0v) is 13.1. The fraction of sp³-hybridized carbons (Fsp3) is 0.625. The predicted octanol–water partition coefficient (Wildman–Crippen LogP) is 1.41. The van der Waals surface area contributed by atoms with Crippen molar-refractivity contribution in [1.82, 2.24) is 15.1 Å². The highest BCUT2D eigenvalue weighted by Gasteiger charge is 2.26. The van der Waals surface area contributed by atoms with Gasteiger partial charge in [0.25, 0.3) is 5.91 Å². The van der Waals surface area contributed by atoms with E-state index in [1.807, 2.05) is 4.90 Å². The lowest BCUT2D eigenvalue weighted by molar-refractivity contribution is 0.0657. The number of rotatable bonds is 4. The second-order valence-electron chi connectivity index (χ2n) is 5.89. The van der Waals surface area contributed by atoms with Crippen LogP contribution >= 0.6 is 0 Å². The third kappa shape index (κ3) is 3.61. The van der Waals surface area contributed by atoms with E-state index < -0.39 is 0 Å². The number of piperazine rings is 1. The molecule has 3 rings (SSSR count). The highest BCUT2D eigenvalue weighted by atomic mass is 16.3. The second kappa shape index (κ2) is 6.85. The monoisotopic (exact) mass is 304 g/mol. The third-order valence-corrected chi connectivity index (χ3v) is 4.13. The molecule has 2 aliphatic rings. The van der Waals surface area contributed by atoms with Gasteiger partial charge in [-0.25, -0.2) is 0 Å². The fourth-order valence-electron chi connectivity index (χ4n) is 2.62. The molecule has 22 heavy (non-hydrogen) atoms. The molecule has 1 aliphatic carbocycles. The molecule has 1 aliphatic heterocycles. The Kier molecular flexibility index (Phi) is 4.65. The lowest BCUT2D eigenvalue weighted by Crippen LogP contribution is -2.53. The van der Waals surface area contributed by atoms with Crippen molar-refractivity contribution in [1.29, 1.82) is 0 Å². The average Bonchev–Trinajstić information content (AvgIpc) is 3.22. The van der Waals surface area contributed by atoms with Crippen LogP contribution in [0.1, 0.15) is 30.3 Å². The Morgan fingerprint density at radius 3 is 2.64 bits per heavy atom. The van der Waals surface area contributed by atoms with Crippen LogP contribution in [0.2, 0.25) is 0 Å². The van der Waals surface area contributed by atoms with Crippen LogP contribution in [0.4, 0.5) is 0 Å². The van der Waals surface area contributed by atoms with Crippen molar-refractivity contribution >= 4 is 11.9 Å². The number of nitrogens with zero attached hydrogens (tertiary/aromatic N) is 3. The minimum atomic E-state index is -0.0235. The Balaban J connectivity index is 1.55. The van der Waals surface area contributed by atoms with Crippen molar-refractivity contribution in [2.45, 2.75) is 19.8 Å². The van der Waals surface area contributed by atoms with Crippen LogP contribution < -0.4 is 5.32 Å². The molecule has 6 heteroatoms. The Morgan fingerprint density at radius 2 is 2.05 bits per heavy atom. The molecule has 120 valence electrons. The smallest absolute Gasteiger partial charge is 0.289 e. The molecule has 0 radical (unpaired) electrons. The Hall–Kier alpha value is -1.98. The first-order valence-electron chi connectivity index (χ1n) is 8.14. The van der Waals surface area contributed by atoms with Crippen LogP contribution in [-0.4, -0.2) is 60.9 Å². The molecule has 1 saturated carbocycles. The van der Waals surface area contributed by atoms with Gasteiger partial charge in [0.15, 0.2) is 11.7 Å². The third-order valence-electron chi connectivity index (χ3n) is 4.13. The average molecular weight is 304 g/mol. The molecule has 0 aromatic carbocycles. The maximum Gasteiger partial charge on any atom is 0.289 e. The summed E-state index contributed by atoms with van der Waals surface area (Å²) in [6.07, 6.45) is 4.17. The van der Waals surface area contributed by atoms with Crippen LogP contribution in [0.15, 0.2) is 27.8 Å². The van der Waals surface area contributed by atoms with Crippen molar-refractivity contribution in [3.8, 4) is 0 Å². The molecular weight excluding hydrogens is 280 g/mol. The Labute approximate surface area is 131 Å². The summed E-state index contributed by atoms with van der Waals surface area (Å²) >= 11 is 0. The van der Waals surface area contributed by atoms with Gasteiger partial charge in [0, 0.05) is 39.3 Å². The van der Waals surface area contributed by atoms with Gasteiger partial charge in [-0.05, 0) is 37.8 Å². The minimum Gasteiger partial charge on any atom is -0.459 e. The SMILES string of the molecule is CCNC(=NCC1CC1)N1CCN(C(=O)c2ccco2)CC1. The Morgan fingerprint density at radius 1 is 1.32 bits per heavy atom. The molecule has 1 aromatic heterocycles. The minimum absolute atomic E-state index is 0.0235. The van der Waals surface area contributed by atoms with E-state index in [-0.39, 0.29) is 5.91 Å². The lowest BCUT2D eigenvalue weighted by Gasteiger charge is -2.36. The van der Waals surface area contributed by atoms with Gasteiger partial charge in [-0.15, -0.1) is 0 Å². The maximum absolute atomic E-state index is 12.3. The number of furan rings is 1. The van der Waals surface area contributed by atoms with Gasteiger partial charge in [-0.1, -0.05) is 0 Å². The van der Waals surface area contributed by atoms with Crippen LogP contribution in [0, 0.1) is 5.92 Å². The van der Waals surface area contributed by atoms with Crippen LogP contribution in [0.5, 0.6) is 0 Å². The van der Waals surface area contributed by atoms with Gasteiger partial charge in [0.2, 0.25) is 0 Å². The van der Waals surface area contributed by atoms with E-state index in [2.05, 4.69) is 17.1 Å². The summed E-state index contributed by atoms with van der Waals surface area (Å²) < 4.78 is 5.19. The molecule has 1 N–H and O–H groups in total. The number of aliphatic imine (C=N–C) groups is 1. The molecule has 2 heterocycles. The van der Waals surface area contributed by atoms with Gasteiger partial charge in [-0.2, -0.15) is 0 Å². The molecule has 1 aromatic rings. The van der Waals surface area contributed by atoms with E-state index in [0.29, 0.717) is 18.8 Å². The molecule has 0 unspecified atom stereocenters. The first-order valence-corrected chi connectivity index (χ1v) is 8.14. The van der Waals surface area contributed by atoms with Crippen molar-refractivity contribution < 1.29 is 9.21 Å². The first-order chi connectivity index (χ1) is 10.8. The summed E-state index contributed by atoms with van der Waals surface area (Å²) in [7, 11) is 0. The van der Waals surface area contributed by atoms with Gasteiger partial charge in [-0.3, -0.25) is 9.79 Å². The number of hydrogen-bond acceptors (Lipinski definition) is 3. The zero-order chi connectivity index (χ0) is 15.4. The topological polar surface area (TPSA) is 61.1 Å². The maximum atomic E-state index is 12.3. The van der Waals surface area contributed by atoms with E-state index in [9.17, 15) is 4.79 Å². The van der Waals surface area contributed by atoms with Gasteiger partial charge >= 0.3 is 0 Å². The van der Waals surface area contributed by atoms with Crippen LogP contribution in [0.25, 0.3) is 0 Å². The van der Waals surface area contributed by atoms with E-state index in [1.165, 1.54) is 19.1 Å². The molecule has 0 atom stereocenters. The zero-order valence-electron chi connectivity index (χ0n) is 13.1. The van der Waals surface area contributed by atoms with Crippen molar-refractivity contribution in [3.63, 3.8) is 0 Å². The molecule has 2 fully saturated rings. The van der Waals surface area contributed by atoms with Crippen LogP contribution in [-0.2, 0) is 0 Å².